The number of sulfonamides is 2. The summed E-state index contributed by atoms with van der Waals surface area (Å²) in [6.07, 6.45) is 3.08. The van der Waals surface area contributed by atoms with Gasteiger partial charge in [-0.05, 0) is 46.4 Å². The summed E-state index contributed by atoms with van der Waals surface area (Å²) in [5, 5.41) is 14.3. The number of primary sulfonamides is 2. The Hall–Kier alpha value is -0.820. The standard InChI is InChI=1S/C23H23N3O4S2.2Na.2H/c1-15-8-9-16(22(12-15)31(24,27)28)10-11-17-4-2-7-20(23(17)32(25,29)30)19-6-3-5-18-13-26-14-21(18)19;;;;/h2-12,26H,13-14H2,1H3,(H2,24,27,28)(H2,25,29,30);;;;/q;2*+1;2*-1. The number of aryl methyl sites for hydroxylation is 1. The van der Waals surface area contributed by atoms with Crippen LogP contribution in [0.2, 0.25) is 0 Å². The molecule has 7 nitrogen and oxygen atoms in total. The molecule has 0 amide bonds. The summed E-state index contributed by atoms with van der Waals surface area (Å²) < 4.78 is 49.3. The van der Waals surface area contributed by atoms with Gasteiger partial charge in [-0.2, -0.15) is 0 Å². The van der Waals surface area contributed by atoms with Crippen molar-refractivity contribution in [3.63, 3.8) is 0 Å². The summed E-state index contributed by atoms with van der Waals surface area (Å²) in [5.74, 6) is 0. The van der Waals surface area contributed by atoms with Crippen LogP contribution >= 0.6 is 0 Å². The van der Waals surface area contributed by atoms with E-state index in [1.165, 1.54) is 12.1 Å². The molecule has 0 aromatic heterocycles. The van der Waals surface area contributed by atoms with Gasteiger partial charge in [0.15, 0.2) is 0 Å². The van der Waals surface area contributed by atoms with Crippen molar-refractivity contribution < 1.29 is 78.8 Å². The molecule has 0 saturated heterocycles. The summed E-state index contributed by atoms with van der Waals surface area (Å²) in [6, 6.07) is 15.7. The quantitative estimate of drug-likeness (QED) is 0.245. The first-order valence-electron chi connectivity index (χ1n) is 9.85. The molecule has 170 valence electrons. The number of hydrogen-bond acceptors (Lipinski definition) is 5. The molecule has 3 aromatic rings. The van der Waals surface area contributed by atoms with Crippen LogP contribution in [-0.2, 0) is 33.1 Å². The van der Waals surface area contributed by atoms with Gasteiger partial charge in [0, 0.05) is 18.7 Å². The third-order valence-electron chi connectivity index (χ3n) is 5.43. The molecule has 0 bridgehead atoms. The van der Waals surface area contributed by atoms with Crippen LogP contribution in [-0.4, -0.2) is 16.8 Å². The number of nitrogens with two attached hydrogens (primary N) is 2. The van der Waals surface area contributed by atoms with Gasteiger partial charge in [-0.25, -0.2) is 27.1 Å². The van der Waals surface area contributed by atoms with Gasteiger partial charge in [-0.1, -0.05) is 60.7 Å². The molecule has 3 aromatic carbocycles. The third kappa shape index (κ3) is 6.29. The second kappa shape index (κ2) is 11.5. The van der Waals surface area contributed by atoms with Crippen molar-refractivity contribution in [3.8, 4) is 11.1 Å². The first-order valence-corrected chi connectivity index (χ1v) is 12.9. The number of nitrogens with one attached hydrogen (secondary N) is 1. The van der Waals surface area contributed by atoms with E-state index in [1.807, 2.05) is 18.2 Å². The molecule has 0 unspecified atom stereocenters. The zero-order valence-corrected chi connectivity index (χ0v) is 25.0. The van der Waals surface area contributed by atoms with Gasteiger partial charge in [-0.3, -0.25) is 0 Å². The minimum atomic E-state index is -4.09. The summed E-state index contributed by atoms with van der Waals surface area (Å²) in [6.45, 7) is 3.12. The van der Waals surface area contributed by atoms with Crippen molar-refractivity contribution in [2.24, 2.45) is 10.3 Å². The molecule has 0 fully saturated rings. The largest absolute Gasteiger partial charge is 1.00 e. The van der Waals surface area contributed by atoms with Crippen molar-refractivity contribution in [2.75, 3.05) is 0 Å². The monoisotopic (exact) mass is 517 g/mol. The van der Waals surface area contributed by atoms with E-state index in [0.717, 1.165) is 28.8 Å². The fourth-order valence-corrected chi connectivity index (χ4v) is 5.77. The maximum absolute atomic E-state index is 12.6. The number of hydrogen-bond donors (Lipinski definition) is 3. The van der Waals surface area contributed by atoms with E-state index in [1.54, 1.807) is 43.3 Å². The summed E-state index contributed by atoms with van der Waals surface area (Å²) in [7, 11) is -8.05. The minimum Gasteiger partial charge on any atom is -1.00 e. The Morgan fingerprint density at radius 1 is 0.824 bits per heavy atom. The Balaban J connectivity index is 0.00000306. The predicted octanol–water partition coefficient (Wildman–Crippen LogP) is -3.04. The molecule has 1 heterocycles. The topological polar surface area (TPSA) is 132 Å². The summed E-state index contributed by atoms with van der Waals surface area (Å²) >= 11 is 0. The molecule has 34 heavy (non-hydrogen) atoms. The van der Waals surface area contributed by atoms with Crippen LogP contribution in [0.5, 0.6) is 0 Å². The van der Waals surface area contributed by atoms with E-state index >= 15 is 0 Å². The van der Waals surface area contributed by atoms with Crippen LogP contribution in [0, 0.1) is 6.92 Å². The molecule has 1 aliphatic heterocycles. The summed E-state index contributed by atoms with van der Waals surface area (Å²) in [4.78, 5) is -0.0465. The Labute approximate surface area is 247 Å². The van der Waals surface area contributed by atoms with E-state index in [0.29, 0.717) is 23.2 Å². The second-order valence-electron chi connectivity index (χ2n) is 7.74. The third-order valence-corrected chi connectivity index (χ3v) is 7.42. The van der Waals surface area contributed by atoms with E-state index in [9.17, 15) is 16.8 Å². The molecule has 0 aliphatic carbocycles. The minimum absolute atomic E-state index is 0. The van der Waals surface area contributed by atoms with Gasteiger partial charge < -0.3 is 8.17 Å². The molecule has 0 saturated carbocycles. The van der Waals surface area contributed by atoms with E-state index in [-0.39, 0.29) is 71.8 Å². The Morgan fingerprint density at radius 3 is 2.15 bits per heavy atom. The number of rotatable bonds is 5. The van der Waals surface area contributed by atoms with Crippen LogP contribution in [0.4, 0.5) is 0 Å². The Kier molecular flexibility index (Phi) is 9.94. The maximum atomic E-state index is 12.6. The molecule has 0 spiro atoms. The first-order chi connectivity index (χ1) is 15.1. The average Bonchev–Trinajstić information content (AvgIpc) is 3.20. The second-order valence-corrected chi connectivity index (χ2v) is 10.8. The van der Waals surface area contributed by atoms with Crippen LogP contribution in [0.15, 0.2) is 64.4 Å². The molecular formula is C23H25N3Na2O4S2. The van der Waals surface area contributed by atoms with Gasteiger partial charge in [0.05, 0.1) is 9.79 Å². The molecular weight excluding hydrogens is 492 g/mol. The molecule has 11 heteroatoms. The van der Waals surface area contributed by atoms with Crippen molar-refractivity contribution in [1.29, 1.82) is 0 Å². The van der Waals surface area contributed by atoms with Gasteiger partial charge in [0.2, 0.25) is 20.0 Å². The fraction of sp³-hybridized carbons (Fsp3) is 0.130. The molecule has 5 N–H and O–H groups in total. The van der Waals surface area contributed by atoms with Gasteiger partial charge in [0.25, 0.3) is 0 Å². The molecule has 4 rings (SSSR count). The van der Waals surface area contributed by atoms with E-state index in [4.69, 9.17) is 10.3 Å². The van der Waals surface area contributed by atoms with Crippen LogP contribution in [0.25, 0.3) is 23.3 Å². The van der Waals surface area contributed by atoms with Crippen LogP contribution in [0.1, 0.15) is 30.7 Å². The molecule has 0 atom stereocenters. The zero-order valence-electron chi connectivity index (χ0n) is 21.4. The summed E-state index contributed by atoms with van der Waals surface area (Å²) in [5.41, 5.74) is 4.90. The Bertz CT molecular complexity index is 1480. The number of fused-ring (bicyclic) bond motifs is 1. The number of benzene rings is 3. The molecule has 1 aliphatic rings. The predicted molar refractivity (Wildman–Crippen MR) is 127 cm³/mol. The van der Waals surface area contributed by atoms with Crippen molar-refractivity contribution >= 4 is 32.2 Å². The SMILES string of the molecule is Cc1ccc(C=Cc2cccc(-c3cccc4c3CNC4)c2S(N)(=O)=O)c(S(N)(=O)=O)c1.[H-].[H-].[Na+].[Na+]. The van der Waals surface area contributed by atoms with Crippen molar-refractivity contribution in [3.05, 3.63) is 82.4 Å². The van der Waals surface area contributed by atoms with Crippen LogP contribution < -0.4 is 74.7 Å². The first kappa shape index (κ1) is 29.4. The average molecular weight is 518 g/mol. The van der Waals surface area contributed by atoms with Gasteiger partial charge >= 0.3 is 59.1 Å². The molecule has 0 radical (unpaired) electrons. The van der Waals surface area contributed by atoms with Gasteiger partial charge in [-0.15, -0.1) is 0 Å². The smallest absolute Gasteiger partial charge is 1.00 e. The van der Waals surface area contributed by atoms with Crippen LogP contribution in [0.3, 0.4) is 0 Å². The van der Waals surface area contributed by atoms with Crippen molar-refractivity contribution in [1.82, 2.24) is 5.32 Å². The Morgan fingerprint density at radius 2 is 1.47 bits per heavy atom. The maximum Gasteiger partial charge on any atom is 1.00 e. The van der Waals surface area contributed by atoms with Crippen molar-refractivity contribution in [2.45, 2.75) is 29.8 Å². The van der Waals surface area contributed by atoms with E-state index in [2.05, 4.69) is 5.32 Å². The fourth-order valence-electron chi connectivity index (χ4n) is 4.00. The van der Waals surface area contributed by atoms with E-state index < -0.39 is 20.0 Å². The zero-order chi connectivity index (χ0) is 23.1. The normalized spacial score (nSPS) is 13.3. The van der Waals surface area contributed by atoms with Gasteiger partial charge in [0.1, 0.15) is 0 Å².